The fourth-order valence-electron chi connectivity index (χ4n) is 0.595. The molecule has 1 aliphatic rings. The van der Waals surface area contributed by atoms with Gasteiger partial charge in [0.15, 0.2) is 0 Å². The van der Waals surface area contributed by atoms with Crippen LogP contribution in [0.2, 0.25) is 12.1 Å². The van der Waals surface area contributed by atoms with Crippen LogP contribution in [-0.4, -0.2) is 6.69 Å². The summed E-state index contributed by atoms with van der Waals surface area (Å²) in [5.74, 6) is 0. The Kier molecular flexibility index (Phi) is 1.46. The molecule has 0 N–H and O–H groups in total. The maximum Gasteiger partial charge on any atom is 0.258 e. The summed E-state index contributed by atoms with van der Waals surface area (Å²) in [4.78, 5) is 0. The maximum absolute atomic E-state index is 5.81. The summed E-state index contributed by atoms with van der Waals surface area (Å²) in [5, 5.41) is 0. The van der Waals surface area contributed by atoms with Crippen molar-refractivity contribution < 1.29 is 0 Å². The molecule has 0 amide bonds. The summed E-state index contributed by atoms with van der Waals surface area (Å²) in [5.41, 5.74) is 0. The molecule has 3 heteroatoms. The zero-order valence-electron chi connectivity index (χ0n) is 3.82. The first kappa shape index (κ1) is 5.67. The van der Waals surface area contributed by atoms with E-state index in [4.69, 9.17) is 22.2 Å². The predicted molar refractivity (Wildman–Crippen MR) is 36.2 cm³/mol. The first-order valence-electron chi connectivity index (χ1n) is 2.23. The van der Waals surface area contributed by atoms with Crippen molar-refractivity contribution in [3.63, 3.8) is 0 Å². The molecule has 7 heavy (non-hydrogen) atoms. The van der Waals surface area contributed by atoms with Gasteiger partial charge in [0.1, 0.15) is 0 Å². The van der Waals surface area contributed by atoms with Gasteiger partial charge in [0.25, 0.3) is 6.69 Å². The molecule has 0 aromatic carbocycles. The molecule has 0 radical (unpaired) electrons. The largest absolute Gasteiger partial charge is 0.258 e. The normalized spacial score (nSPS) is 26.0. The SMILES string of the molecule is Cl[Si]1(Cl)CC=CC1. The Morgan fingerprint density at radius 2 is 1.57 bits per heavy atom. The summed E-state index contributed by atoms with van der Waals surface area (Å²) in [6.45, 7) is -1.71. The van der Waals surface area contributed by atoms with E-state index in [-0.39, 0.29) is 0 Å². The van der Waals surface area contributed by atoms with Crippen molar-refractivity contribution in [2.45, 2.75) is 12.1 Å². The lowest BCUT2D eigenvalue weighted by atomic mass is 10.6. The van der Waals surface area contributed by atoms with Crippen LogP contribution in [0.1, 0.15) is 0 Å². The molecule has 0 aromatic heterocycles. The highest BCUT2D eigenvalue weighted by molar-refractivity contribution is 7.45. The van der Waals surface area contributed by atoms with Crippen molar-refractivity contribution in [2.75, 3.05) is 0 Å². The topological polar surface area (TPSA) is 0 Å². The highest BCUT2D eigenvalue weighted by atomic mass is 35.7. The second-order valence-electron chi connectivity index (χ2n) is 1.74. The zero-order valence-corrected chi connectivity index (χ0v) is 6.34. The van der Waals surface area contributed by atoms with Crippen molar-refractivity contribution in [2.24, 2.45) is 0 Å². The molecule has 1 heterocycles. The van der Waals surface area contributed by atoms with Gasteiger partial charge in [-0.2, -0.15) is 0 Å². The van der Waals surface area contributed by atoms with Gasteiger partial charge in [0, 0.05) is 0 Å². The van der Waals surface area contributed by atoms with Crippen molar-refractivity contribution in [3.8, 4) is 0 Å². The average molecular weight is 153 g/mol. The van der Waals surface area contributed by atoms with E-state index in [1.54, 1.807) is 0 Å². The van der Waals surface area contributed by atoms with Gasteiger partial charge in [-0.1, -0.05) is 12.2 Å². The minimum Gasteiger partial charge on any atom is -0.145 e. The van der Waals surface area contributed by atoms with Crippen LogP contribution in [0.5, 0.6) is 0 Å². The molecular weight excluding hydrogens is 147 g/mol. The van der Waals surface area contributed by atoms with Gasteiger partial charge in [0.2, 0.25) is 0 Å². The van der Waals surface area contributed by atoms with Crippen LogP contribution in [0.15, 0.2) is 12.2 Å². The Labute approximate surface area is 53.5 Å². The second kappa shape index (κ2) is 1.80. The molecule has 0 spiro atoms. The molecule has 0 nitrogen and oxygen atoms in total. The number of hydrogen-bond acceptors (Lipinski definition) is 0. The summed E-state index contributed by atoms with van der Waals surface area (Å²) in [6, 6.07) is 1.88. The molecule has 0 fully saturated rings. The molecule has 0 bridgehead atoms. The average Bonchev–Trinajstić information content (AvgIpc) is 1.84. The fraction of sp³-hybridized carbons (Fsp3) is 0.500. The van der Waals surface area contributed by atoms with Gasteiger partial charge in [-0.3, -0.25) is 0 Å². The Morgan fingerprint density at radius 3 is 1.71 bits per heavy atom. The summed E-state index contributed by atoms with van der Waals surface area (Å²) in [7, 11) is 0. The van der Waals surface area contributed by atoms with Crippen molar-refractivity contribution in [1.82, 2.24) is 0 Å². The van der Waals surface area contributed by atoms with Crippen LogP contribution in [0.25, 0.3) is 0 Å². The van der Waals surface area contributed by atoms with Crippen LogP contribution in [0, 0.1) is 0 Å². The van der Waals surface area contributed by atoms with E-state index in [0.29, 0.717) is 0 Å². The van der Waals surface area contributed by atoms with Gasteiger partial charge in [-0.05, 0) is 12.1 Å². The number of hydrogen-bond donors (Lipinski definition) is 0. The lowest BCUT2D eigenvalue weighted by molar-refractivity contribution is 1.73. The molecule has 0 saturated carbocycles. The Bertz CT molecular complexity index is 87.9. The van der Waals surface area contributed by atoms with E-state index >= 15 is 0 Å². The fourth-order valence-corrected chi connectivity index (χ4v) is 2.85. The van der Waals surface area contributed by atoms with E-state index in [9.17, 15) is 0 Å². The highest BCUT2D eigenvalue weighted by Crippen LogP contribution is 2.30. The summed E-state index contributed by atoms with van der Waals surface area (Å²) >= 11 is 11.6. The van der Waals surface area contributed by atoms with E-state index in [2.05, 4.69) is 12.2 Å². The van der Waals surface area contributed by atoms with Crippen molar-refractivity contribution >= 4 is 28.9 Å². The van der Waals surface area contributed by atoms with Gasteiger partial charge in [-0.15, -0.1) is 22.2 Å². The Hall–Kier alpha value is 0.537. The van der Waals surface area contributed by atoms with Crippen LogP contribution >= 0.6 is 22.2 Å². The van der Waals surface area contributed by atoms with E-state index in [0.717, 1.165) is 12.1 Å². The van der Waals surface area contributed by atoms with Gasteiger partial charge >= 0.3 is 0 Å². The first-order chi connectivity index (χ1) is 3.21. The van der Waals surface area contributed by atoms with Crippen LogP contribution in [-0.2, 0) is 0 Å². The number of halogens is 2. The zero-order chi connectivity index (χ0) is 5.33. The van der Waals surface area contributed by atoms with E-state index in [1.165, 1.54) is 0 Å². The molecule has 0 saturated heterocycles. The monoisotopic (exact) mass is 152 g/mol. The molecule has 40 valence electrons. The van der Waals surface area contributed by atoms with Crippen LogP contribution < -0.4 is 0 Å². The van der Waals surface area contributed by atoms with E-state index in [1.807, 2.05) is 0 Å². The third-order valence-corrected chi connectivity index (χ3v) is 4.52. The minimum atomic E-state index is -1.71. The van der Waals surface area contributed by atoms with E-state index < -0.39 is 6.69 Å². The quantitative estimate of drug-likeness (QED) is 0.285. The van der Waals surface area contributed by atoms with Gasteiger partial charge < -0.3 is 0 Å². The Morgan fingerprint density at radius 1 is 1.14 bits per heavy atom. The summed E-state index contributed by atoms with van der Waals surface area (Å²) in [6.07, 6.45) is 4.12. The lowest BCUT2D eigenvalue weighted by Crippen LogP contribution is -2.10. The second-order valence-corrected chi connectivity index (χ2v) is 9.19. The highest BCUT2D eigenvalue weighted by Gasteiger charge is 2.28. The van der Waals surface area contributed by atoms with Crippen LogP contribution in [0.4, 0.5) is 0 Å². The molecular formula is C4H6Cl2Si. The van der Waals surface area contributed by atoms with Crippen LogP contribution in [0.3, 0.4) is 0 Å². The molecule has 0 atom stereocenters. The maximum atomic E-state index is 5.81. The molecule has 0 aromatic rings. The van der Waals surface area contributed by atoms with Crippen molar-refractivity contribution in [1.29, 1.82) is 0 Å². The van der Waals surface area contributed by atoms with Gasteiger partial charge in [0.05, 0.1) is 0 Å². The molecule has 0 unspecified atom stereocenters. The summed E-state index contributed by atoms with van der Waals surface area (Å²) < 4.78 is 0. The number of rotatable bonds is 0. The van der Waals surface area contributed by atoms with Gasteiger partial charge in [-0.25, -0.2) is 0 Å². The molecule has 1 rings (SSSR count). The smallest absolute Gasteiger partial charge is 0.145 e. The van der Waals surface area contributed by atoms with Crippen molar-refractivity contribution in [3.05, 3.63) is 12.2 Å². The lowest BCUT2D eigenvalue weighted by Gasteiger charge is -2.03. The Balaban J connectivity index is 2.49. The number of allylic oxidation sites excluding steroid dienone is 2. The third-order valence-electron chi connectivity index (χ3n) is 1.000. The predicted octanol–water partition coefficient (Wildman–Crippen LogP) is 2.48. The third kappa shape index (κ3) is 1.48. The standard InChI is InChI=1S/C4H6Cl2Si/c5-7(6)3-1-2-4-7/h1-2H,3-4H2. The molecule has 1 aliphatic heterocycles. The minimum absolute atomic E-state index is 0.941. The molecule has 0 aliphatic carbocycles. The first-order valence-corrected chi connectivity index (χ1v) is 6.67.